The van der Waals surface area contributed by atoms with Crippen molar-refractivity contribution in [2.75, 3.05) is 0 Å². The average molecular weight is 221 g/mol. The van der Waals surface area contributed by atoms with Crippen LogP contribution in [0.25, 0.3) is 0 Å². The van der Waals surface area contributed by atoms with Gasteiger partial charge in [0.25, 0.3) is 0 Å². The first-order valence-electron chi connectivity index (χ1n) is 3.70. The van der Waals surface area contributed by atoms with E-state index in [1.165, 1.54) is 6.07 Å². The van der Waals surface area contributed by atoms with E-state index in [2.05, 4.69) is 0 Å². The molecular weight excluding hydrogens is 212 g/mol. The zero-order valence-electron chi connectivity index (χ0n) is 7.20. The molecule has 0 aliphatic rings. The first-order chi connectivity index (χ1) is 6.00. The second kappa shape index (κ2) is 3.98. The molecular formula is C8H9ClO3S. The molecule has 0 saturated heterocycles. The largest absolute Gasteiger partial charge is 0.489 e. The molecule has 0 unspecified atom stereocenters. The fourth-order valence-electron chi connectivity index (χ4n) is 0.836. The molecule has 0 aliphatic heterocycles. The maximum Gasteiger partial charge on any atom is 0.349 e. The lowest BCUT2D eigenvalue weighted by atomic mass is 10.4. The number of hydrogen-bond donors (Lipinski definition) is 1. The maximum atomic E-state index is 10.7. The van der Waals surface area contributed by atoms with Crippen LogP contribution in [0.1, 0.15) is 23.5 Å². The number of carboxylic acid groups (broad SMARTS) is 1. The van der Waals surface area contributed by atoms with E-state index in [1.807, 2.05) is 13.8 Å². The second-order valence-corrected chi connectivity index (χ2v) is 4.40. The van der Waals surface area contributed by atoms with E-state index in [-0.39, 0.29) is 11.0 Å². The van der Waals surface area contributed by atoms with Gasteiger partial charge in [0.2, 0.25) is 0 Å². The Labute approximate surface area is 84.9 Å². The highest BCUT2D eigenvalue weighted by Gasteiger charge is 2.16. The van der Waals surface area contributed by atoms with Crippen LogP contribution in [-0.4, -0.2) is 17.2 Å². The molecule has 1 aromatic heterocycles. The van der Waals surface area contributed by atoms with Gasteiger partial charge in [0.1, 0.15) is 5.75 Å². The predicted molar refractivity (Wildman–Crippen MR) is 52.1 cm³/mol. The van der Waals surface area contributed by atoms with Gasteiger partial charge in [-0.15, -0.1) is 11.3 Å². The third-order valence-electron chi connectivity index (χ3n) is 1.22. The van der Waals surface area contributed by atoms with Crippen molar-refractivity contribution in [2.24, 2.45) is 0 Å². The van der Waals surface area contributed by atoms with E-state index >= 15 is 0 Å². The van der Waals surface area contributed by atoms with Crippen LogP contribution >= 0.6 is 22.9 Å². The summed E-state index contributed by atoms with van der Waals surface area (Å²) >= 11 is 6.67. The molecule has 5 heteroatoms. The van der Waals surface area contributed by atoms with Crippen molar-refractivity contribution in [3.05, 3.63) is 15.3 Å². The van der Waals surface area contributed by atoms with Crippen LogP contribution in [0.15, 0.2) is 6.07 Å². The van der Waals surface area contributed by atoms with E-state index in [1.54, 1.807) is 0 Å². The number of ether oxygens (including phenoxy) is 1. The van der Waals surface area contributed by atoms with E-state index in [9.17, 15) is 4.79 Å². The summed E-state index contributed by atoms with van der Waals surface area (Å²) < 4.78 is 5.70. The topological polar surface area (TPSA) is 46.5 Å². The summed E-state index contributed by atoms with van der Waals surface area (Å²) in [7, 11) is 0. The summed E-state index contributed by atoms with van der Waals surface area (Å²) in [6, 6.07) is 1.52. The molecule has 0 saturated carbocycles. The van der Waals surface area contributed by atoms with Crippen molar-refractivity contribution in [1.29, 1.82) is 0 Å². The minimum absolute atomic E-state index is 0.0521. The Morgan fingerprint density at radius 3 is 2.77 bits per heavy atom. The predicted octanol–water partition coefficient (Wildman–Crippen LogP) is 2.89. The number of carbonyl (C=O) groups is 1. The van der Waals surface area contributed by atoms with E-state index in [0.29, 0.717) is 10.1 Å². The standard InChI is InChI=1S/C8H9ClO3S/c1-4(2)12-5-3-6(9)13-7(5)8(10)11/h3-4H,1-2H3,(H,10,11). The highest BCUT2D eigenvalue weighted by atomic mass is 35.5. The van der Waals surface area contributed by atoms with Gasteiger partial charge in [-0.05, 0) is 13.8 Å². The molecule has 1 heterocycles. The van der Waals surface area contributed by atoms with Crippen molar-refractivity contribution < 1.29 is 14.6 Å². The van der Waals surface area contributed by atoms with Crippen LogP contribution < -0.4 is 4.74 Å². The van der Waals surface area contributed by atoms with Gasteiger partial charge >= 0.3 is 5.97 Å². The number of rotatable bonds is 3. The van der Waals surface area contributed by atoms with Gasteiger partial charge in [-0.1, -0.05) is 11.6 Å². The summed E-state index contributed by atoms with van der Waals surface area (Å²) in [5.41, 5.74) is 0. The van der Waals surface area contributed by atoms with Gasteiger partial charge in [0, 0.05) is 6.07 Å². The van der Waals surface area contributed by atoms with Crippen LogP contribution in [0.5, 0.6) is 5.75 Å². The van der Waals surface area contributed by atoms with E-state index in [0.717, 1.165) is 11.3 Å². The third kappa shape index (κ3) is 2.60. The Balaban J connectivity index is 2.97. The highest BCUT2D eigenvalue weighted by Crippen LogP contribution is 2.33. The molecule has 0 aliphatic carbocycles. The highest BCUT2D eigenvalue weighted by molar-refractivity contribution is 7.18. The minimum Gasteiger partial charge on any atom is -0.489 e. The normalized spacial score (nSPS) is 10.5. The molecule has 1 rings (SSSR count). The Kier molecular flexibility index (Phi) is 3.17. The minimum atomic E-state index is -1.01. The fourth-order valence-corrected chi connectivity index (χ4v) is 1.82. The molecule has 3 nitrogen and oxygen atoms in total. The molecule has 0 spiro atoms. The lowest BCUT2D eigenvalue weighted by molar-refractivity contribution is 0.0696. The first-order valence-corrected chi connectivity index (χ1v) is 4.89. The van der Waals surface area contributed by atoms with E-state index < -0.39 is 5.97 Å². The molecule has 0 amide bonds. The molecule has 1 aromatic rings. The summed E-state index contributed by atoms with van der Waals surface area (Å²) in [5, 5.41) is 8.76. The maximum absolute atomic E-state index is 10.7. The van der Waals surface area contributed by atoms with E-state index in [4.69, 9.17) is 21.4 Å². The van der Waals surface area contributed by atoms with Crippen molar-refractivity contribution in [3.8, 4) is 5.75 Å². The molecule has 0 radical (unpaired) electrons. The Morgan fingerprint density at radius 1 is 1.69 bits per heavy atom. The van der Waals surface area contributed by atoms with Crippen LogP contribution in [0.4, 0.5) is 0 Å². The Hall–Kier alpha value is -0.740. The molecule has 0 atom stereocenters. The lowest BCUT2D eigenvalue weighted by Gasteiger charge is -2.07. The van der Waals surface area contributed by atoms with Crippen LogP contribution in [0, 0.1) is 0 Å². The van der Waals surface area contributed by atoms with Gasteiger partial charge in [0.15, 0.2) is 4.88 Å². The number of aromatic carboxylic acids is 1. The molecule has 72 valence electrons. The lowest BCUT2D eigenvalue weighted by Crippen LogP contribution is -2.07. The summed E-state index contributed by atoms with van der Waals surface area (Å²) in [6.07, 6.45) is -0.0521. The summed E-state index contributed by atoms with van der Waals surface area (Å²) in [5.74, 6) is -0.662. The Bertz CT molecular complexity index is 319. The fraction of sp³-hybridized carbons (Fsp3) is 0.375. The van der Waals surface area contributed by atoms with Crippen LogP contribution in [-0.2, 0) is 0 Å². The monoisotopic (exact) mass is 220 g/mol. The SMILES string of the molecule is CC(C)Oc1cc(Cl)sc1C(=O)O. The quantitative estimate of drug-likeness (QED) is 0.852. The van der Waals surface area contributed by atoms with Gasteiger partial charge in [-0.3, -0.25) is 0 Å². The summed E-state index contributed by atoms with van der Waals surface area (Å²) in [6.45, 7) is 3.66. The summed E-state index contributed by atoms with van der Waals surface area (Å²) in [4.78, 5) is 10.8. The van der Waals surface area contributed by atoms with Crippen LogP contribution in [0.3, 0.4) is 0 Å². The first kappa shape index (κ1) is 10.3. The zero-order valence-corrected chi connectivity index (χ0v) is 8.78. The smallest absolute Gasteiger partial charge is 0.349 e. The van der Waals surface area contributed by atoms with Gasteiger partial charge in [-0.25, -0.2) is 4.79 Å². The van der Waals surface area contributed by atoms with Crippen molar-refractivity contribution in [1.82, 2.24) is 0 Å². The van der Waals surface area contributed by atoms with Crippen molar-refractivity contribution >= 4 is 28.9 Å². The second-order valence-electron chi connectivity index (χ2n) is 2.72. The van der Waals surface area contributed by atoms with Gasteiger partial charge in [0.05, 0.1) is 10.4 Å². The average Bonchev–Trinajstić information content (AvgIpc) is 2.29. The molecule has 1 N–H and O–H groups in total. The molecule has 0 bridgehead atoms. The Morgan fingerprint density at radius 2 is 2.31 bits per heavy atom. The van der Waals surface area contributed by atoms with Crippen LogP contribution in [0.2, 0.25) is 4.34 Å². The van der Waals surface area contributed by atoms with Gasteiger partial charge < -0.3 is 9.84 Å². The zero-order chi connectivity index (χ0) is 10.0. The molecule has 13 heavy (non-hydrogen) atoms. The van der Waals surface area contributed by atoms with Gasteiger partial charge in [-0.2, -0.15) is 0 Å². The molecule has 0 aromatic carbocycles. The van der Waals surface area contributed by atoms with Crippen molar-refractivity contribution in [3.63, 3.8) is 0 Å². The van der Waals surface area contributed by atoms with Crippen molar-refractivity contribution in [2.45, 2.75) is 20.0 Å². The number of carboxylic acids is 1. The third-order valence-corrected chi connectivity index (χ3v) is 2.46. The molecule has 0 fully saturated rings. The number of halogens is 1. The number of hydrogen-bond acceptors (Lipinski definition) is 3. The number of thiophene rings is 1.